The molecule has 35 heavy (non-hydrogen) atoms. The Balaban J connectivity index is 1.96. The van der Waals surface area contributed by atoms with Crippen LogP contribution >= 0.6 is 11.3 Å². The van der Waals surface area contributed by atoms with Crippen molar-refractivity contribution in [3.05, 3.63) is 46.5 Å². The Labute approximate surface area is 197 Å². The van der Waals surface area contributed by atoms with Crippen LogP contribution in [0.2, 0.25) is 0 Å². The third-order valence-corrected chi connectivity index (χ3v) is 6.11. The Kier molecular flexibility index (Phi) is 6.04. The van der Waals surface area contributed by atoms with Crippen LogP contribution in [-0.4, -0.2) is 36.4 Å². The van der Waals surface area contributed by atoms with E-state index in [-0.39, 0.29) is 31.0 Å². The third kappa shape index (κ3) is 4.45. The number of aryl methyl sites for hydroxylation is 2. The highest BCUT2D eigenvalue weighted by Gasteiger charge is 2.35. The number of rotatable bonds is 6. The monoisotopic (exact) mass is 513 g/mol. The lowest BCUT2D eigenvalue weighted by atomic mass is 10.0. The van der Waals surface area contributed by atoms with E-state index in [1.807, 2.05) is 0 Å². The quantitative estimate of drug-likeness (QED) is 0.369. The summed E-state index contributed by atoms with van der Waals surface area (Å²) in [6.45, 7) is 0.833. The molecule has 0 spiro atoms. The van der Waals surface area contributed by atoms with E-state index in [1.54, 1.807) is 13.8 Å². The molecule has 3 N–H and O–H groups in total. The van der Waals surface area contributed by atoms with Gasteiger partial charge in [-0.3, -0.25) is 14.3 Å². The van der Waals surface area contributed by atoms with Crippen LogP contribution in [0, 0.1) is 6.92 Å². The van der Waals surface area contributed by atoms with Crippen LogP contribution in [0.15, 0.2) is 24.5 Å². The molecule has 0 bridgehead atoms. The SMILES string of the molecule is CCn1cc(-c2cc(C(F)(F)F)nc3sc(C(N)=O)c(NC(=O)c4ccn(C(F)F)n4)c23)c(C)n1. The average molecular weight is 513 g/mol. The highest BCUT2D eigenvalue weighted by molar-refractivity contribution is 7.21. The Bertz CT molecular complexity index is 1450. The fourth-order valence-electron chi connectivity index (χ4n) is 3.44. The van der Waals surface area contributed by atoms with E-state index >= 15 is 0 Å². The van der Waals surface area contributed by atoms with Gasteiger partial charge in [-0.05, 0) is 31.5 Å². The molecule has 0 aliphatic carbocycles. The van der Waals surface area contributed by atoms with Crippen LogP contribution in [-0.2, 0) is 12.7 Å². The lowest BCUT2D eigenvalue weighted by molar-refractivity contribution is -0.140. The predicted molar refractivity (Wildman–Crippen MR) is 116 cm³/mol. The Morgan fingerprint density at radius 2 is 1.94 bits per heavy atom. The molecule has 0 aliphatic heterocycles. The maximum atomic E-state index is 13.6. The molecule has 4 aromatic rings. The summed E-state index contributed by atoms with van der Waals surface area (Å²) in [6, 6.07) is 1.82. The standard InChI is InChI=1S/C20H16F5N7O2S/c1-3-31-7-10(8(2)29-31)9-6-12(20(23,24)25)27-18-13(9)14(15(35-18)16(26)33)28-17(34)11-4-5-32(30-11)19(21)22/h4-7,19H,3H2,1-2H3,(H2,26,33)(H,28,34). The summed E-state index contributed by atoms with van der Waals surface area (Å²) < 4.78 is 68.4. The Hall–Kier alpha value is -3.88. The fourth-order valence-corrected chi connectivity index (χ4v) is 4.45. The van der Waals surface area contributed by atoms with Gasteiger partial charge in [0.2, 0.25) is 0 Å². The zero-order chi connectivity index (χ0) is 25.7. The van der Waals surface area contributed by atoms with Crippen molar-refractivity contribution < 1.29 is 31.5 Å². The summed E-state index contributed by atoms with van der Waals surface area (Å²) in [5.74, 6) is -2.00. The molecule has 9 nitrogen and oxygen atoms in total. The van der Waals surface area contributed by atoms with Crippen molar-refractivity contribution in [3.63, 3.8) is 0 Å². The van der Waals surface area contributed by atoms with E-state index in [0.717, 1.165) is 18.3 Å². The summed E-state index contributed by atoms with van der Waals surface area (Å²) in [7, 11) is 0. The molecule has 4 aromatic heterocycles. The maximum Gasteiger partial charge on any atom is 0.433 e. The summed E-state index contributed by atoms with van der Waals surface area (Å²) in [6.07, 6.45) is -2.40. The van der Waals surface area contributed by atoms with E-state index in [0.29, 0.717) is 29.1 Å². The number of alkyl halides is 5. The van der Waals surface area contributed by atoms with Gasteiger partial charge in [-0.15, -0.1) is 11.3 Å². The van der Waals surface area contributed by atoms with E-state index in [4.69, 9.17) is 5.73 Å². The van der Waals surface area contributed by atoms with Crippen molar-refractivity contribution in [1.29, 1.82) is 0 Å². The van der Waals surface area contributed by atoms with Gasteiger partial charge in [0.05, 0.1) is 11.4 Å². The molecular formula is C20H16F5N7O2S. The van der Waals surface area contributed by atoms with Crippen LogP contribution in [0.3, 0.4) is 0 Å². The number of hydrogen-bond acceptors (Lipinski definition) is 6. The Morgan fingerprint density at radius 3 is 2.49 bits per heavy atom. The fraction of sp³-hybridized carbons (Fsp3) is 0.250. The number of aromatic nitrogens is 5. The molecule has 4 heterocycles. The van der Waals surface area contributed by atoms with Crippen molar-refractivity contribution >= 4 is 39.1 Å². The molecule has 4 rings (SSSR count). The normalized spacial score (nSPS) is 12.0. The second-order valence-corrected chi connectivity index (χ2v) is 8.30. The molecule has 0 fully saturated rings. The van der Waals surface area contributed by atoms with Gasteiger partial charge in [0.25, 0.3) is 11.8 Å². The topological polar surface area (TPSA) is 121 Å². The van der Waals surface area contributed by atoms with Crippen LogP contribution in [0.1, 0.15) is 45.0 Å². The van der Waals surface area contributed by atoms with Crippen molar-refractivity contribution in [2.45, 2.75) is 33.1 Å². The molecule has 184 valence electrons. The number of pyridine rings is 1. The van der Waals surface area contributed by atoms with Crippen LogP contribution in [0.4, 0.5) is 27.6 Å². The first-order valence-corrected chi connectivity index (χ1v) is 10.8. The minimum Gasteiger partial charge on any atom is -0.365 e. The molecule has 0 aliphatic rings. The average Bonchev–Trinajstić information content (AvgIpc) is 3.49. The number of amides is 2. The van der Waals surface area contributed by atoms with E-state index in [1.165, 1.54) is 10.9 Å². The lowest BCUT2D eigenvalue weighted by Crippen LogP contribution is -2.17. The minimum absolute atomic E-state index is 0.0108. The number of nitrogens with zero attached hydrogens (tertiary/aromatic N) is 5. The first-order chi connectivity index (χ1) is 16.4. The van der Waals surface area contributed by atoms with Crippen LogP contribution < -0.4 is 11.1 Å². The lowest BCUT2D eigenvalue weighted by Gasteiger charge is -2.11. The second kappa shape index (κ2) is 8.72. The molecule has 0 saturated carbocycles. The first-order valence-electron chi connectivity index (χ1n) is 9.94. The number of carbonyl (C=O) groups excluding carboxylic acids is 2. The summed E-state index contributed by atoms with van der Waals surface area (Å²) in [5, 5.41) is 10.1. The van der Waals surface area contributed by atoms with E-state index < -0.39 is 35.9 Å². The zero-order valence-electron chi connectivity index (χ0n) is 18.0. The number of nitrogens with two attached hydrogens (primary N) is 1. The van der Waals surface area contributed by atoms with Crippen LogP contribution in [0.25, 0.3) is 21.3 Å². The number of halogens is 5. The van der Waals surface area contributed by atoms with Gasteiger partial charge in [0, 0.05) is 29.9 Å². The summed E-state index contributed by atoms with van der Waals surface area (Å²) >= 11 is 0.564. The maximum absolute atomic E-state index is 13.6. The highest BCUT2D eigenvalue weighted by Crippen LogP contribution is 2.44. The van der Waals surface area contributed by atoms with Gasteiger partial charge in [0.15, 0.2) is 5.69 Å². The minimum atomic E-state index is -4.81. The third-order valence-electron chi connectivity index (χ3n) is 5.02. The predicted octanol–water partition coefficient (Wildman–Crippen LogP) is 4.45. The number of nitrogens with one attached hydrogen (secondary N) is 1. The van der Waals surface area contributed by atoms with Crippen LogP contribution in [0.5, 0.6) is 0 Å². The molecule has 15 heteroatoms. The molecule has 0 radical (unpaired) electrons. The number of carbonyl (C=O) groups is 2. The Morgan fingerprint density at radius 1 is 1.23 bits per heavy atom. The number of thiophene rings is 1. The molecular weight excluding hydrogens is 497 g/mol. The van der Waals surface area contributed by atoms with Gasteiger partial charge >= 0.3 is 12.7 Å². The molecule has 0 atom stereocenters. The highest BCUT2D eigenvalue weighted by atomic mass is 32.1. The van der Waals surface area contributed by atoms with Gasteiger partial charge in [-0.25, -0.2) is 9.67 Å². The second-order valence-electron chi connectivity index (χ2n) is 7.30. The number of primary amides is 1. The molecule has 0 saturated heterocycles. The van der Waals surface area contributed by atoms with Crippen molar-refractivity contribution in [1.82, 2.24) is 24.5 Å². The van der Waals surface area contributed by atoms with E-state index in [9.17, 15) is 31.5 Å². The van der Waals surface area contributed by atoms with Gasteiger partial charge in [-0.2, -0.15) is 32.1 Å². The molecule has 2 amide bonds. The molecule has 0 aromatic carbocycles. The number of fused-ring (bicyclic) bond motifs is 1. The van der Waals surface area contributed by atoms with Gasteiger partial charge < -0.3 is 11.1 Å². The van der Waals surface area contributed by atoms with Gasteiger partial charge in [-0.1, -0.05) is 0 Å². The number of hydrogen-bond donors (Lipinski definition) is 2. The van der Waals surface area contributed by atoms with Gasteiger partial charge in [0.1, 0.15) is 15.4 Å². The first kappa shape index (κ1) is 24.3. The number of anilines is 1. The molecule has 0 unspecified atom stereocenters. The smallest absolute Gasteiger partial charge is 0.365 e. The summed E-state index contributed by atoms with van der Waals surface area (Å²) in [5.41, 5.74) is 4.34. The largest absolute Gasteiger partial charge is 0.433 e. The van der Waals surface area contributed by atoms with Crippen molar-refractivity contribution in [3.8, 4) is 11.1 Å². The van der Waals surface area contributed by atoms with E-state index in [2.05, 4.69) is 20.5 Å². The summed E-state index contributed by atoms with van der Waals surface area (Å²) in [4.78, 5) is 28.1. The van der Waals surface area contributed by atoms with Crippen molar-refractivity contribution in [2.24, 2.45) is 5.73 Å². The zero-order valence-corrected chi connectivity index (χ0v) is 18.8. The van der Waals surface area contributed by atoms with Crippen molar-refractivity contribution in [2.75, 3.05) is 5.32 Å².